The summed E-state index contributed by atoms with van der Waals surface area (Å²) < 4.78 is 0. The molecule has 2 rings (SSSR count). The Kier molecular flexibility index (Phi) is 4.73. The molecule has 1 heterocycles. The van der Waals surface area contributed by atoms with Crippen molar-refractivity contribution in [3.63, 3.8) is 0 Å². The van der Waals surface area contributed by atoms with E-state index in [9.17, 15) is 5.26 Å². The van der Waals surface area contributed by atoms with Crippen LogP contribution in [0.25, 0.3) is 0 Å². The zero-order chi connectivity index (χ0) is 14.4. The fraction of sp³-hybridized carbons (Fsp3) is 0.294. The average molecular weight is 265 g/mol. The van der Waals surface area contributed by atoms with Gasteiger partial charge in [-0.1, -0.05) is 31.5 Å². The van der Waals surface area contributed by atoms with Gasteiger partial charge in [0.2, 0.25) is 0 Å². The molecule has 1 aromatic carbocycles. The molecule has 102 valence electrons. The van der Waals surface area contributed by atoms with Crippen molar-refractivity contribution in [3.8, 4) is 6.07 Å². The number of para-hydroxylation sites is 1. The van der Waals surface area contributed by atoms with Gasteiger partial charge in [0.1, 0.15) is 6.07 Å². The Morgan fingerprint density at radius 3 is 2.55 bits per heavy atom. The average Bonchev–Trinajstić information content (AvgIpc) is 2.49. The van der Waals surface area contributed by atoms with Gasteiger partial charge in [0.15, 0.2) is 5.82 Å². The van der Waals surface area contributed by atoms with Crippen molar-refractivity contribution in [3.05, 3.63) is 53.7 Å². The van der Waals surface area contributed by atoms with E-state index in [1.54, 1.807) is 0 Å². The second-order valence-electron chi connectivity index (χ2n) is 4.78. The second-order valence-corrected chi connectivity index (χ2v) is 4.78. The molecule has 0 radical (unpaired) electrons. The number of pyridine rings is 1. The molecular weight excluding hydrogens is 246 g/mol. The van der Waals surface area contributed by atoms with Crippen LogP contribution in [-0.4, -0.2) is 11.5 Å². The Bertz CT molecular complexity index is 599. The summed E-state index contributed by atoms with van der Waals surface area (Å²) in [5.74, 6) is 0.757. The summed E-state index contributed by atoms with van der Waals surface area (Å²) in [4.78, 5) is 6.71. The van der Waals surface area contributed by atoms with E-state index in [0.29, 0.717) is 5.56 Å². The minimum Gasteiger partial charge on any atom is -0.325 e. The molecular formula is C17H19N3. The van der Waals surface area contributed by atoms with Crippen LogP contribution in [0.15, 0.2) is 42.5 Å². The number of aromatic nitrogens is 1. The van der Waals surface area contributed by atoms with Gasteiger partial charge in [-0.2, -0.15) is 5.26 Å². The van der Waals surface area contributed by atoms with Crippen LogP contribution in [0.4, 0.5) is 11.5 Å². The van der Waals surface area contributed by atoms with Gasteiger partial charge in [-0.05, 0) is 37.6 Å². The summed E-state index contributed by atoms with van der Waals surface area (Å²) in [7, 11) is 0. The smallest absolute Gasteiger partial charge is 0.151 e. The summed E-state index contributed by atoms with van der Waals surface area (Å²) >= 11 is 0. The largest absolute Gasteiger partial charge is 0.325 e. The predicted octanol–water partition coefficient (Wildman–Crippen LogP) is 4.20. The highest BCUT2D eigenvalue weighted by Gasteiger charge is 2.14. The van der Waals surface area contributed by atoms with Crippen LogP contribution in [0.2, 0.25) is 0 Å². The van der Waals surface area contributed by atoms with Gasteiger partial charge in [0, 0.05) is 17.9 Å². The Hall–Kier alpha value is -2.34. The van der Waals surface area contributed by atoms with Crippen LogP contribution in [0.5, 0.6) is 0 Å². The zero-order valence-electron chi connectivity index (χ0n) is 12.0. The van der Waals surface area contributed by atoms with Crippen LogP contribution in [0, 0.1) is 18.3 Å². The van der Waals surface area contributed by atoms with E-state index in [1.165, 1.54) is 0 Å². The first kappa shape index (κ1) is 14.1. The fourth-order valence-corrected chi connectivity index (χ4v) is 2.12. The number of hydrogen-bond acceptors (Lipinski definition) is 3. The lowest BCUT2D eigenvalue weighted by Gasteiger charge is -2.25. The third-order valence-corrected chi connectivity index (χ3v) is 3.19. The number of unbranched alkanes of at least 4 members (excludes halogenated alkanes) is 1. The van der Waals surface area contributed by atoms with E-state index in [0.717, 1.165) is 36.6 Å². The monoisotopic (exact) mass is 265 g/mol. The number of anilines is 2. The SMILES string of the molecule is CCCCN(c1ccccc1)c1nc(C)ccc1C#N. The van der Waals surface area contributed by atoms with Gasteiger partial charge in [-0.3, -0.25) is 0 Å². The lowest BCUT2D eigenvalue weighted by atomic mass is 10.2. The zero-order valence-corrected chi connectivity index (χ0v) is 12.0. The summed E-state index contributed by atoms with van der Waals surface area (Å²) in [6.45, 7) is 4.98. The third kappa shape index (κ3) is 3.16. The molecule has 0 aliphatic heterocycles. The minimum absolute atomic E-state index is 0.621. The predicted molar refractivity (Wildman–Crippen MR) is 82.0 cm³/mol. The molecule has 0 unspecified atom stereocenters. The van der Waals surface area contributed by atoms with E-state index >= 15 is 0 Å². The van der Waals surface area contributed by atoms with Crippen LogP contribution >= 0.6 is 0 Å². The Labute approximate surface area is 120 Å². The van der Waals surface area contributed by atoms with Crippen molar-refractivity contribution in [2.45, 2.75) is 26.7 Å². The third-order valence-electron chi connectivity index (χ3n) is 3.19. The number of hydrogen-bond donors (Lipinski definition) is 0. The van der Waals surface area contributed by atoms with E-state index in [-0.39, 0.29) is 0 Å². The van der Waals surface area contributed by atoms with E-state index < -0.39 is 0 Å². The molecule has 0 saturated carbocycles. The quantitative estimate of drug-likeness (QED) is 0.813. The number of aryl methyl sites for hydroxylation is 1. The topological polar surface area (TPSA) is 39.9 Å². The van der Waals surface area contributed by atoms with Crippen molar-refractivity contribution in [2.24, 2.45) is 0 Å². The van der Waals surface area contributed by atoms with Crippen molar-refractivity contribution in [1.82, 2.24) is 4.98 Å². The Morgan fingerprint density at radius 1 is 1.15 bits per heavy atom. The minimum atomic E-state index is 0.621. The van der Waals surface area contributed by atoms with Crippen molar-refractivity contribution < 1.29 is 0 Å². The first-order valence-corrected chi connectivity index (χ1v) is 6.96. The lowest BCUT2D eigenvalue weighted by Crippen LogP contribution is -2.21. The van der Waals surface area contributed by atoms with Gasteiger partial charge in [-0.15, -0.1) is 0 Å². The highest BCUT2D eigenvalue weighted by atomic mass is 15.2. The fourth-order valence-electron chi connectivity index (χ4n) is 2.12. The molecule has 0 atom stereocenters. The number of nitrogens with zero attached hydrogens (tertiary/aromatic N) is 3. The molecule has 0 amide bonds. The molecule has 0 aliphatic rings. The highest BCUT2D eigenvalue weighted by molar-refractivity contribution is 5.65. The van der Waals surface area contributed by atoms with Crippen LogP contribution in [-0.2, 0) is 0 Å². The molecule has 3 nitrogen and oxygen atoms in total. The molecule has 0 bridgehead atoms. The van der Waals surface area contributed by atoms with Crippen LogP contribution < -0.4 is 4.90 Å². The van der Waals surface area contributed by atoms with Gasteiger partial charge < -0.3 is 4.90 Å². The lowest BCUT2D eigenvalue weighted by molar-refractivity contribution is 0.778. The molecule has 0 aliphatic carbocycles. The molecule has 3 heteroatoms. The molecule has 0 fully saturated rings. The van der Waals surface area contributed by atoms with Crippen molar-refractivity contribution >= 4 is 11.5 Å². The first-order valence-electron chi connectivity index (χ1n) is 6.96. The summed E-state index contributed by atoms with van der Waals surface area (Å²) in [5, 5.41) is 9.31. The van der Waals surface area contributed by atoms with Gasteiger partial charge in [-0.25, -0.2) is 4.98 Å². The Morgan fingerprint density at radius 2 is 1.90 bits per heavy atom. The van der Waals surface area contributed by atoms with Gasteiger partial charge >= 0.3 is 0 Å². The number of rotatable bonds is 5. The van der Waals surface area contributed by atoms with Gasteiger partial charge in [0.25, 0.3) is 0 Å². The first-order chi connectivity index (χ1) is 9.76. The maximum absolute atomic E-state index is 9.31. The number of nitriles is 1. The van der Waals surface area contributed by atoms with E-state index in [4.69, 9.17) is 0 Å². The summed E-state index contributed by atoms with van der Waals surface area (Å²) in [6.07, 6.45) is 2.17. The normalized spacial score (nSPS) is 10.1. The molecule has 1 aromatic heterocycles. The molecule has 0 spiro atoms. The molecule has 20 heavy (non-hydrogen) atoms. The summed E-state index contributed by atoms with van der Waals surface area (Å²) in [5.41, 5.74) is 2.63. The molecule has 0 saturated heterocycles. The number of benzene rings is 1. The Balaban J connectivity index is 2.46. The van der Waals surface area contributed by atoms with E-state index in [2.05, 4.69) is 35.0 Å². The standard InChI is InChI=1S/C17H19N3/c1-3-4-12-20(16-8-6-5-7-9-16)17-15(13-18)11-10-14(2)19-17/h5-11H,3-4,12H2,1-2H3. The van der Waals surface area contributed by atoms with Crippen molar-refractivity contribution in [2.75, 3.05) is 11.4 Å². The van der Waals surface area contributed by atoms with Crippen LogP contribution in [0.1, 0.15) is 31.0 Å². The van der Waals surface area contributed by atoms with E-state index in [1.807, 2.05) is 37.3 Å². The van der Waals surface area contributed by atoms with Gasteiger partial charge in [0.05, 0.1) is 5.56 Å². The maximum Gasteiger partial charge on any atom is 0.151 e. The molecule has 0 N–H and O–H groups in total. The molecule has 2 aromatic rings. The second kappa shape index (κ2) is 6.72. The van der Waals surface area contributed by atoms with Crippen molar-refractivity contribution in [1.29, 1.82) is 5.26 Å². The maximum atomic E-state index is 9.31. The summed E-state index contributed by atoms with van der Waals surface area (Å²) in [6, 6.07) is 16.1. The van der Waals surface area contributed by atoms with Crippen LogP contribution in [0.3, 0.4) is 0 Å². The highest BCUT2D eigenvalue weighted by Crippen LogP contribution is 2.27.